The van der Waals surface area contributed by atoms with Gasteiger partial charge in [0.25, 0.3) is 5.91 Å². The first kappa shape index (κ1) is 14.5. The zero-order chi connectivity index (χ0) is 14.8. The second-order valence-corrected chi connectivity index (χ2v) is 5.76. The van der Waals surface area contributed by atoms with Gasteiger partial charge in [-0.15, -0.1) is 11.3 Å². The van der Waals surface area contributed by atoms with E-state index in [1.165, 1.54) is 35.6 Å². The van der Waals surface area contributed by atoms with Crippen LogP contribution >= 0.6 is 11.3 Å². The van der Waals surface area contributed by atoms with E-state index in [-0.39, 0.29) is 11.7 Å². The molecule has 0 saturated carbocycles. The molecule has 0 radical (unpaired) electrons. The molecule has 0 bridgehead atoms. The van der Waals surface area contributed by atoms with Crippen molar-refractivity contribution in [2.24, 2.45) is 0 Å². The van der Waals surface area contributed by atoms with Gasteiger partial charge in [-0.1, -0.05) is 3.89 Å². The standard InChI is InChI=1S/C12H10FNO4S2/c1-8-6-7-19-11(8)12(15)14-9-2-4-10(5-3-9)18-20(13,16)17/h2-7H,1H3,(H,14,15). The predicted molar refractivity (Wildman–Crippen MR) is 74.1 cm³/mol. The molecule has 20 heavy (non-hydrogen) atoms. The molecule has 1 aromatic carbocycles. The third-order valence-electron chi connectivity index (χ3n) is 2.38. The van der Waals surface area contributed by atoms with E-state index in [4.69, 9.17) is 0 Å². The number of thiophene rings is 1. The molecular weight excluding hydrogens is 305 g/mol. The molecule has 106 valence electrons. The fraction of sp³-hybridized carbons (Fsp3) is 0.0833. The van der Waals surface area contributed by atoms with Gasteiger partial charge in [0.05, 0.1) is 4.88 Å². The van der Waals surface area contributed by atoms with Gasteiger partial charge in [0.15, 0.2) is 0 Å². The topological polar surface area (TPSA) is 72.5 Å². The number of carbonyl (C=O) groups is 1. The lowest BCUT2D eigenvalue weighted by molar-refractivity contribution is 0.103. The highest BCUT2D eigenvalue weighted by Gasteiger charge is 2.12. The van der Waals surface area contributed by atoms with E-state index in [1.54, 1.807) is 0 Å². The van der Waals surface area contributed by atoms with Crippen LogP contribution in [0.4, 0.5) is 9.57 Å². The van der Waals surface area contributed by atoms with Crippen molar-refractivity contribution in [2.45, 2.75) is 6.92 Å². The minimum Gasteiger partial charge on any atom is -0.358 e. The zero-order valence-corrected chi connectivity index (χ0v) is 11.9. The van der Waals surface area contributed by atoms with E-state index in [2.05, 4.69) is 9.50 Å². The smallest absolute Gasteiger partial charge is 0.358 e. The summed E-state index contributed by atoms with van der Waals surface area (Å²) >= 11 is 1.32. The Balaban J connectivity index is 2.08. The summed E-state index contributed by atoms with van der Waals surface area (Å²) in [5.41, 5.74) is 1.32. The Morgan fingerprint density at radius 2 is 1.90 bits per heavy atom. The summed E-state index contributed by atoms with van der Waals surface area (Å²) in [5.74, 6) is -0.429. The number of hydrogen-bond acceptors (Lipinski definition) is 5. The molecule has 0 atom stereocenters. The molecule has 2 aromatic rings. The SMILES string of the molecule is Cc1ccsc1C(=O)Nc1ccc(OS(=O)(=O)F)cc1. The van der Waals surface area contributed by atoms with Crippen LogP contribution in [0.1, 0.15) is 15.2 Å². The highest BCUT2D eigenvalue weighted by molar-refractivity contribution is 7.81. The molecule has 0 spiro atoms. The monoisotopic (exact) mass is 315 g/mol. The van der Waals surface area contributed by atoms with Gasteiger partial charge < -0.3 is 9.50 Å². The van der Waals surface area contributed by atoms with Crippen molar-refractivity contribution < 1.29 is 21.3 Å². The van der Waals surface area contributed by atoms with Crippen molar-refractivity contribution in [1.82, 2.24) is 0 Å². The van der Waals surface area contributed by atoms with Crippen molar-refractivity contribution in [2.75, 3.05) is 5.32 Å². The third kappa shape index (κ3) is 3.78. The summed E-state index contributed by atoms with van der Waals surface area (Å²) in [7, 11) is -5.04. The van der Waals surface area contributed by atoms with Crippen LogP contribution in [0.25, 0.3) is 0 Å². The van der Waals surface area contributed by atoms with E-state index >= 15 is 0 Å². The van der Waals surface area contributed by atoms with Gasteiger partial charge in [0, 0.05) is 5.69 Å². The fourth-order valence-corrected chi connectivity index (χ4v) is 2.66. The maximum Gasteiger partial charge on any atom is 0.488 e. The molecule has 1 heterocycles. The summed E-state index contributed by atoms with van der Waals surface area (Å²) in [6, 6.07) is 7.16. The van der Waals surface area contributed by atoms with Crippen molar-refractivity contribution in [3.63, 3.8) is 0 Å². The fourth-order valence-electron chi connectivity index (χ4n) is 1.50. The summed E-state index contributed by atoms with van der Waals surface area (Å²) in [4.78, 5) is 12.5. The Morgan fingerprint density at radius 1 is 1.25 bits per heavy atom. The molecule has 0 aliphatic heterocycles. The lowest BCUT2D eigenvalue weighted by atomic mass is 10.2. The number of amides is 1. The third-order valence-corrected chi connectivity index (χ3v) is 3.78. The molecule has 5 nitrogen and oxygen atoms in total. The largest absolute Gasteiger partial charge is 0.488 e. The van der Waals surface area contributed by atoms with Crippen molar-refractivity contribution >= 4 is 33.4 Å². The maximum atomic E-state index is 12.3. The number of nitrogens with one attached hydrogen (secondary N) is 1. The minimum atomic E-state index is -5.04. The number of rotatable bonds is 4. The Hall–Kier alpha value is -1.93. The lowest BCUT2D eigenvalue weighted by Gasteiger charge is -2.05. The predicted octanol–water partition coefficient (Wildman–Crippen LogP) is 2.90. The van der Waals surface area contributed by atoms with E-state index in [1.807, 2.05) is 18.4 Å². The average molecular weight is 315 g/mol. The molecule has 0 unspecified atom stereocenters. The quantitative estimate of drug-likeness (QED) is 0.881. The van der Waals surface area contributed by atoms with Gasteiger partial charge in [0.2, 0.25) is 0 Å². The average Bonchev–Trinajstić information content (AvgIpc) is 2.76. The van der Waals surface area contributed by atoms with Crippen LogP contribution in [-0.4, -0.2) is 14.3 Å². The molecule has 0 fully saturated rings. The van der Waals surface area contributed by atoms with Gasteiger partial charge in [-0.05, 0) is 48.2 Å². The Labute approximate surface area is 119 Å². The first-order valence-electron chi connectivity index (χ1n) is 5.45. The van der Waals surface area contributed by atoms with Crippen LogP contribution in [0, 0.1) is 6.92 Å². The first-order valence-corrected chi connectivity index (χ1v) is 7.63. The van der Waals surface area contributed by atoms with E-state index in [0.29, 0.717) is 10.6 Å². The van der Waals surface area contributed by atoms with Crippen molar-refractivity contribution in [3.05, 3.63) is 46.2 Å². The molecule has 0 aliphatic rings. The molecular formula is C12H10FNO4S2. The first-order chi connectivity index (χ1) is 9.35. The van der Waals surface area contributed by atoms with E-state index < -0.39 is 10.5 Å². The van der Waals surface area contributed by atoms with Gasteiger partial charge >= 0.3 is 10.5 Å². The number of halogens is 1. The highest BCUT2D eigenvalue weighted by atomic mass is 32.3. The summed E-state index contributed by atoms with van der Waals surface area (Å²) in [6.07, 6.45) is 0. The minimum absolute atomic E-state index is 0.169. The van der Waals surface area contributed by atoms with Gasteiger partial charge in [-0.2, -0.15) is 8.42 Å². The number of carbonyl (C=O) groups excluding carboxylic acids is 1. The second-order valence-electron chi connectivity index (χ2n) is 3.89. The summed E-state index contributed by atoms with van der Waals surface area (Å²) < 4.78 is 36.9. The summed E-state index contributed by atoms with van der Waals surface area (Å²) in [6.45, 7) is 1.83. The summed E-state index contributed by atoms with van der Waals surface area (Å²) in [5, 5.41) is 4.46. The molecule has 1 aromatic heterocycles. The number of aryl methyl sites for hydroxylation is 1. The van der Waals surface area contributed by atoms with E-state index in [9.17, 15) is 17.1 Å². The van der Waals surface area contributed by atoms with Crippen LogP contribution in [0.3, 0.4) is 0 Å². The van der Waals surface area contributed by atoms with Gasteiger partial charge in [-0.25, -0.2) is 0 Å². The zero-order valence-electron chi connectivity index (χ0n) is 10.3. The molecule has 1 amide bonds. The van der Waals surface area contributed by atoms with Gasteiger partial charge in [-0.3, -0.25) is 4.79 Å². The number of anilines is 1. The second kappa shape index (κ2) is 5.59. The Bertz CT molecular complexity index is 722. The van der Waals surface area contributed by atoms with Crippen LogP contribution in [0.2, 0.25) is 0 Å². The number of benzene rings is 1. The van der Waals surface area contributed by atoms with E-state index in [0.717, 1.165) is 5.56 Å². The molecule has 2 rings (SSSR count). The maximum absolute atomic E-state index is 12.3. The van der Waals surface area contributed by atoms with Crippen LogP contribution in [0.5, 0.6) is 5.75 Å². The molecule has 8 heteroatoms. The van der Waals surface area contributed by atoms with Crippen LogP contribution in [0.15, 0.2) is 35.7 Å². The lowest BCUT2D eigenvalue weighted by Crippen LogP contribution is -2.11. The normalized spacial score (nSPS) is 11.1. The Morgan fingerprint density at radius 3 is 2.40 bits per heavy atom. The molecule has 1 N–H and O–H groups in total. The highest BCUT2D eigenvalue weighted by Crippen LogP contribution is 2.20. The van der Waals surface area contributed by atoms with Crippen LogP contribution in [-0.2, 0) is 10.5 Å². The molecule has 0 saturated heterocycles. The number of hydrogen-bond donors (Lipinski definition) is 1. The van der Waals surface area contributed by atoms with Gasteiger partial charge in [0.1, 0.15) is 5.75 Å². The van der Waals surface area contributed by atoms with Crippen molar-refractivity contribution in [3.8, 4) is 5.75 Å². The van der Waals surface area contributed by atoms with Crippen molar-refractivity contribution in [1.29, 1.82) is 0 Å². The Kier molecular flexibility index (Phi) is 4.05. The molecule has 0 aliphatic carbocycles. The van der Waals surface area contributed by atoms with Crippen LogP contribution < -0.4 is 9.50 Å².